The minimum Gasteiger partial charge on any atom is -0.382 e. The summed E-state index contributed by atoms with van der Waals surface area (Å²) in [6.07, 6.45) is 2.70. The molecule has 0 aliphatic heterocycles. The van der Waals surface area contributed by atoms with Crippen LogP contribution in [0.25, 0.3) is 0 Å². The molecule has 6 heteroatoms. The van der Waals surface area contributed by atoms with Crippen LogP contribution < -0.4 is 11.1 Å². The molecule has 0 radical (unpaired) electrons. The normalized spacial score (nSPS) is 10.5. The fourth-order valence-corrected chi connectivity index (χ4v) is 1.10. The van der Waals surface area contributed by atoms with Crippen molar-refractivity contribution in [2.24, 2.45) is 5.92 Å². The molecule has 0 spiro atoms. The molecule has 1 amide bonds. The number of hydrogen-bond donors (Lipinski definition) is 2. The zero-order chi connectivity index (χ0) is 12.7. The van der Waals surface area contributed by atoms with E-state index in [1.807, 2.05) is 0 Å². The van der Waals surface area contributed by atoms with E-state index in [4.69, 9.17) is 10.5 Å². The van der Waals surface area contributed by atoms with Gasteiger partial charge in [-0.2, -0.15) is 0 Å². The fourth-order valence-electron chi connectivity index (χ4n) is 1.10. The number of nitrogens with two attached hydrogens (primary N) is 1. The standard InChI is InChI=1S/C11H18N4O2/c1-8(2)7-17-4-3-13-11(16)9-5-15-10(12)6-14-9/h5-6,8H,3-4,7H2,1-2H3,(H2,12,15)(H,13,16). The maximum absolute atomic E-state index is 11.5. The first kappa shape index (κ1) is 13.4. The highest BCUT2D eigenvalue weighted by Gasteiger charge is 2.06. The minimum atomic E-state index is -0.273. The molecule has 6 nitrogen and oxygen atoms in total. The molecule has 0 atom stereocenters. The van der Waals surface area contributed by atoms with Gasteiger partial charge >= 0.3 is 0 Å². The third-order valence-corrected chi connectivity index (χ3v) is 1.89. The van der Waals surface area contributed by atoms with Gasteiger partial charge in [0.1, 0.15) is 11.5 Å². The van der Waals surface area contributed by atoms with Gasteiger partial charge in [0, 0.05) is 13.2 Å². The summed E-state index contributed by atoms with van der Waals surface area (Å²) in [6, 6.07) is 0. The van der Waals surface area contributed by atoms with E-state index < -0.39 is 0 Å². The Hall–Kier alpha value is -1.69. The number of hydrogen-bond acceptors (Lipinski definition) is 5. The van der Waals surface area contributed by atoms with Crippen LogP contribution in [0, 0.1) is 5.92 Å². The summed E-state index contributed by atoms with van der Waals surface area (Å²) in [6.45, 7) is 5.78. The van der Waals surface area contributed by atoms with Crippen molar-refractivity contribution in [3.8, 4) is 0 Å². The Balaban J connectivity index is 2.23. The second-order valence-corrected chi connectivity index (χ2v) is 4.05. The highest BCUT2D eigenvalue weighted by atomic mass is 16.5. The number of nitrogens with zero attached hydrogens (tertiary/aromatic N) is 2. The van der Waals surface area contributed by atoms with Crippen LogP contribution in [0.4, 0.5) is 5.82 Å². The van der Waals surface area contributed by atoms with Gasteiger partial charge in [0.15, 0.2) is 0 Å². The highest BCUT2D eigenvalue weighted by Crippen LogP contribution is 1.95. The Morgan fingerprint density at radius 3 is 2.82 bits per heavy atom. The van der Waals surface area contributed by atoms with E-state index in [-0.39, 0.29) is 11.6 Å². The van der Waals surface area contributed by atoms with Crippen molar-refractivity contribution in [2.45, 2.75) is 13.8 Å². The number of anilines is 1. The molecule has 1 heterocycles. The van der Waals surface area contributed by atoms with E-state index >= 15 is 0 Å². The molecular weight excluding hydrogens is 220 g/mol. The molecule has 3 N–H and O–H groups in total. The van der Waals surface area contributed by atoms with Crippen LogP contribution in [0.1, 0.15) is 24.3 Å². The van der Waals surface area contributed by atoms with Crippen LogP contribution >= 0.6 is 0 Å². The zero-order valence-electron chi connectivity index (χ0n) is 10.1. The molecule has 0 aliphatic carbocycles. The number of carbonyl (C=O) groups excluding carboxylic acids is 1. The third kappa shape index (κ3) is 5.26. The Bertz CT molecular complexity index is 351. The first-order valence-electron chi connectivity index (χ1n) is 5.53. The van der Waals surface area contributed by atoms with Crippen LogP contribution in [-0.2, 0) is 4.74 Å². The molecule has 0 saturated heterocycles. The summed E-state index contributed by atoms with van der Waals surface area (Å²) in [5, 5.41) is 2.68. The van der Waals surface area contributed by atoms with Gasteiger partial charge in [0.25, 0.3) is 5.91 Å². The van der Waals surface area contributed by atoms with E-state index in [0.717, 1.165) is 0 Å². The molecule has 0 aliphatic rings. The largest absolute Gasteiger partial charge is 0.382 e. The monoisotopic (exact) mass is 238 g/mol. The molecule has 0 aromatic carbocycles. The number of amides is 1. The number of aromatic nitrogens is 2. The predicted molar refractivity (Wildman–Crippen MR) is 64.4 cm³/mol. The summed E-state index contributed by atoms with van der Waals surface area (Å²) in [7, 11) is 0. The lowest BCUT2D eigenvalue weighted by molar-refractivity contribution is 0.0882. The average molecular weight is 238 g/mol. The van der Waals surface area contributed by atoms with Gasteiger partial charge in [-0.25, -0.2) is 9.97 Å². The van der Waals surface area contributed by atoms with Gasteiger partial charge in [0.05, 0.1) is 19.0 Å². The lowest BCUT2D eigenvalue weighted by Crippen LogP contribution is -2.28. The van der Waals surface area contributed by atoms with Crippen LogP contribution in [0.15, 0.2) is 12.4 Å². The Morgan fingerprint density at radius 1 is 1.47 bits per heavy atom. The first-order valence-corrected chi connectivity index (χ1v) is 5.53. The first-order chi connectivity index (χ1) is 8.09. The smallest absolute Gasteiger partial charge is 0.271 e. The van der Waals surface area contributed by atoms with Crippen LogP contribution in [0.2, 0.25) is 0 Å². The average Bonchev–Trinajstić information content (AvgIpc) is 2.29. The second-order valence-electron chi connectivity index (χ2n) is 4.05. The Labute approximate surface area is 101 Å². The molecule has 94 valence electrons. The molecule has 0 bridgehead atoms. The summed E-state index contributed by atoms with van der Waals surface area (Å²) < 4.78 is 5.33. The molecule has 0 saturated carbocycles. The van der Waals surface area contributed by atoms with E-state index in [1.54, 1.807) is 0 Å². The summed E-state index contributed by atoms with van der Waals surface area (Å²) >= 11 is 0. The molecule has 1 rings (SSSR count). The maximum atomic E-state index is 11.5. The Morgan fingerprint density at radius 2 is 2.24 bits per heavy atom. The van der Waals surface area contributed by atoms with Crippen molar-refractivity contribution < 1.29 is 9.53 Å². The number of carbonyl (C=O) groups is 1. The zero-order valence-corrected chi connectivity index (χ0v) is 10.1. The van der Waals surface area contributed by atoms with Crippen LogP contribution in [-0.4, -0.2) is 35.6 Å². The summed E-state index contributed by atoms with van der Waals surface area (Å²) in [5.41, 5.74) is 5.62. The minimum absolute atomic E-state index is 0.253. The topological polar surface area (TPSA) is 90.1 Å². The number of nitrogens with one attached hydrogen (secondary N) is 1. The van der Waals surface area contributed by atoms with Crippen molar-refractivity contribution >= 4 is 11.7 Å². The Kier molecular flexibility index (Phi) is 5.35. The van der Waals surface area contributed by atoms with Crippen molar-refractivity contribution in [2.75, 3.05) is 25.5 Å². The summed E-state index contributed by atoms with van der Waals surface area (Å²) in [4.78, 5) is 19.2. The third-order valence-electron chi connectivity index (χ3n) is 1.89. The second kappa shape index (κ2) is 6.80. The summed E-state index contributed by atoms with van der Waals surface area (Å²) in [5.74, 6) is 0.515. The van der Waals surface area contributed by atoms with Crippen LogP contribution in [0.5, 0.6) is 0 Å². The highest BCUT2D eigenvalue weighted by molar-refractivity contribution is 5.91. The SMILES string of the molecule is CC(C)COCCNC(=O)c1cnc(N)cn1. The van der Waals surface area contributed by atoms with Gasteiger partial charge in [-0.05, 0) is 5.92 Å². The van der Waals surface area contributed by atoms with Crippen LogP contribution in [0.3, 0.4) is 0 Å². The predicted octanol–water partition coefficient (Wildman–Crippen LogP) is 0.461. The lowest BCUT2D eigenvalue weighted by atomic mass is 10.2. The van der Waals surface area contributed by atoms with Crippen molar-refractivity contribution in [1.82, 2.24) is 15.3 Å². The van der Waals surface area contributed by atoms with Crippen molar-refractivity contribution in [1.29, 1.82) is 0 Å². The number of rotatable bonds is 6. The number of nitrogen functional groups attached to an aromatic ring is 1. The molecule has 0 fully saturated rings. The van der Waals surface area contributed by atoms with E-state index in [1.165, 1.54) is 12.4 Å². The van der Waals surface area contributed by atoms with E-state index in [9.17, 15) is 4.79 Å². The van der Waals surface area contributed by atoms with Crippen molar-refractivity contribution in [3.63, 3.8) is 0 Å². The van der Waals surface area contributed by atoms with Gasteiger partial charge in [-0.15, -0.1) is 0 Å². The quantitative estimate of drug-likeness (QED) is 0.703. The molecule has 1 aromatic heterocycles. The van der Waals surface area contributed by atoms with Gasteiger partial charge in [-0.3, -0.25) is 4.79 Å². The number of ether oxygens (including phenoxy) is 1. The molecule has 1 aromatic rings. The van der Waals surface area contributed by atoms with Crippen molar-refractivity contribution in [3.05, 3.63) is 18.1 Å². The van der Waals surface area contributed by atoms with Gasteiger partial charge in [-0.1, -0.05) is 13.8 Å². The van der Waals surface area contributed by atoms with Gasteiger partial charge < -0.3 is 15.8 Å². The fraction of sp³-hybridized carbons (Fsp3) is 0.545. The van der Waals surface area contributed by atoms with E-state index in [0.29, 0.717) is 31.5 Å². The molecular formula is C11H18N4O2. The van der Waals surface area contributed by atoms with Gasteiger partial charge in [0.2, 0.25) is 0 Å². The van der Waals surface area contributed by atoms with E-state index in [2.05, 4.69) is 29.1 Å². The molecule has 0 unspecified atom stereocenters. The lowest BCUT2D eigenvalue weighted by Gasteiger charge is -2.07. The molecule has 17 heavy (non-hydrogen) atoms. The maximum Gasteiger partial charge on any atom is 0.271 e.